The first-order valence-corrected chi connectivity index (χ1v) is 7.23. The maximum atomic E-state index is 11.9. The van der Waals surface area contributed by atoms with E-state index in [0.717, 1.165) is 4.88 Å². The number of carbonyl (C=O) groups is 2. The highest BCUT2D eigenvalue weighted by atomic mass is 32.1. The lowest BCUT2D eigenvalue weighted by atomic mass is 10.2. The first-order chi connectivity index (χ1) is 9.58. The fraction of sp³-hybridized carbons (Fsp3) is 0.429. The van der Waals surface area contributed by atoms with Crippen molar-refractivity contribution in [2.45, 2.75) is 26.3 Å². The highest BCUT2D eigenvalue weighted by molar-refractivity contribution is 7.10. The lowest BCUT2D eigenvalue weighted by Crippen LogP contribution is -2.44. The van der Waals surface area contributed by atoms with Crippen LogP contribution in [0.4, 0.5) is 0 Å². The molecule has 1 atom stereocenters. The molecule has 0 saturated heterocycles. The average Bonchev–Trinajstić information content (AvgIpc) is 2.88. The van der Waals surface area contributed by atoms with Crippen molar-refractivity contribution >= 4 is 23.2 Å². The quantitative estimate of drug-likeness (QED) is 0.701. The fourth-order valence-electron chi connectivity index (χ4n) is 1.40. The molecule has 3 N–H and O–H groups in total. The van der Waals surface area contributed by atoms with Crippen LogP contribution in [0.25, 0.3) is 0 Å². The number of nitrogens with one attached hydrogen (secondary N) is 2. The van der Waals surface area contributed by atoms with Crippen molar-refractivity contribution in [3.63, 3.8) is 0 Å². The molecule has 0 aliphatic rings. The molecule has 0 aliphatic carbocycles. The minimum Gasteiger partial charge on any atom is -0.395 e. The monoisotopic (exact) mass is 294 g/mol. The lowest BCUT2D eigenvalue weighted by Gasteiger charge is -2.12. The van der Waals surface area contributed by atoms with Crippen LogP contribution in [-0.2, 0) is 4.79 Å². The van der Waals surface area contributed by atoms with Crippen molar-refractivity contribution in [3.05, 3.63) is 21.9 Å². The molecule has 1 aromatic heterocycles. The van der Waals surface area contributed by atoms with Crippen LogP contribution < -0.4 is 10.6 Å². The maximum absolute atomic E-state index is 11.9. The first-order valence-electron chi connectivity index (χ1n) is 6.35. The van der Waals surface area contributed by atoms with Crippen LogP contribution in [0, 0.1) is 11.8 Å². The molecule has 1 unspecified atom stereocenters. The van der Waals surface area contributed by atoms with E-state index in [1.54, 1.807) is 18.4 Å². The van der Waals surface area contributed by atoms with E-state index >= 15 is 0 Å². The van der Waals surface area contributed by atoms with Gasteiger partial charge in [0.05, 0.1) is 17.0 Å². The van der Waals surface area contributed by atoms with Crippen molar-refractivity contribution in [2.24, 2.45) is 0 Å². The summed E-state index contributed by atoms with van der Waals surface area (Å²) in [6, 6.07) is 1.10. The summed E-state index contributed by atoms with van der Waals surface area (Å²) in [7, 11) is 0. The summed E-state index contributed by atoms with van der Waals surface area (Å²) in [5, 5.41) is 15.6. The topological polar surface area (TPSA) is 78.4 Å². The van der Waals surface area contributed by atoms with Crippen molar-refractivity contribution < 1.29 is 14.7 Å². The number of hydrogen-bond acceptors (Lipinski definition) is 4. The van der Waals surface area contributed by atoms with Gasteiger partial charge in [0, 0.05) is 18.3 Å². The molecule has 1 heterocycles. The van der Waals surface area contributed by atoms with E-state index in [2.05, 4.69) is 22.5 Å². The second-order valence-electron chi connectivity index (χ2n) is 4.06. The average molecular weight is 294 g/mol. The van der Waals surface area contributed by atoms with Gasteiger partial charge in [0.2, 0.25) is 5.91 Å². The van der Waals surface area contributed by atoms with E-state index < -0.39 is 6.04 Å². The van der Waals surface area contributed by atoms with Crippen molar-refractivity contribution in [3.8, 4) is 11.8 Å². The summed E-state index contributed by atoms with van der Waals surface area (Å²) in [5.41, 5.74) is 0.486. The fourth-order valence-corrected chi connectivity index (χ4v) is 2.15. The van der Waals surface area contributed by atoms with E-state index in [9.17, 15) is 9.59 Å². The Kier molecular flexibility index (Phi) is 6.77. The molecule has 0 aromatic carbocycles. The second kappa shape index (κ2) is 8.35. The van der Waals surface area contributed by atoms with Crippen LogP contribution in [0.3, 0.4) is 0 Å². The summed E-state index contributed by atoms with van der Waals surface area (Å²) in [6.45, 7) is 4.01. The predicted octanol–water partition coefficient (Wildman–Crippen LogP) is 0.736. The molecule has 0 spiro atoms. The van der Waals surface area contributed by atoms with Crippen LogP contribution in [0.1, 0.15) is 35.5 Å². The van der Waals surface area contributed by atoms with Crippen LogP contribution in [0.15, 0.2) is 11.4 Å². The molecule has 0 fully saturated rings. The number of thiophene rings is 1. The number of aliphatic hydroxyl groups excluding tert-OH is 1. The zero-order chi connectivity index (χ0) is 15.0. The van der Waals surface area contributed by atoms with Gasteiger partial charge in [-0.2, -0.15) is 0 Å². The maximum Gasteiger partial charge on any atom is 0.252 e. The van der Waals surface area contributed by atoms with Crippen LogP contribution >= 0.6 is 11.3 Å². The van der Waals surface area contributed by atoms with Gasteiger partial charge in [0.15, 0.2) is 0 Å². The van der Waals surface area contributed by atoms with Crippen LogP contribution in [0.2, 0.25) is 0 Å². The molecule has 20 heavy (non-hydrogen) atoms. The Balaban J connectivity index is 2.60. The van der Waals surface area contributed by atoms with Gasteiger partial charge in [-0.15, -0.1) is 11.3 Å². The Morgan fingerprint density at radius 3 is 2.90 bits per heavy atom. The smallest absolute Gasteiger partial charge is 0.252 e. The first kappa shape index (κ1) is 16.2. The minimum atomic E-state index is -0.578. The second-order valence-corrected chi connectivity index (χ2v) is 4.98. The van der Waals surface area contributed by atoms with E-state index in [-0.39, 0.29) is 18.4 Å². The summed E-state index contributed by atoms with van der Waals surface area (Å²) < 4.78 is 0. The molecule has 0 bridgehead atoms. The summed E-state index contributed by atoms with van der Waals surface area (Å²) in [4.78, 5) is 24.2. The Morgan fingerprint density at radius 1 is 1.50 bits per heavy atom. The van der Waals surface area contributed by atoms with E-state index in [1.165, 1.54) is 11.3 Å². The third kappa shape index (κ3) is 5.03. The standard InChI is InChI=1S/C14H18N2O3S/c1-3-15-13(18)10(2)16-14(19)11-8-12(20-9-11)6-4-5-7-17/h8-10,17H,3,5,7H2,1-2H3,(H,15,18)(H,16,19). The van der Waals surface area contributed by atoms with Crippen LogP contribution in [-0.4, -0.2) is 36.1 Å². The SMILES string of the molecule is CCNC(=O)C(C)NC(=O)c1csc(C#CCCO)c1. The predicted molar refractivity (Wildman–Crippen MR) is 78.5 cm³/mol. The van der Waals surface area contributed by atoms with Gasteiger partial charge in [-0.1, -0.05) is 11.8 Å². The third-order valence-corrected chi connectivity index (χ3v) is 3.25. The zero-order valence-electron chi connectivity index (χ0n) is 11.5. The van der Waals surface area contributed by atoms with E-state index in [0.29, 0.717) is 18.5 Å². The van der Waals surface area contributed by atoms with Gasteiger partial charge in [-0.25, -0.2) is 0 Å². The van der Waals surface area contributed by atoms with Gasteiger partial charge in [-0.05, 0) is 19.9 Å². The zero-order valence-corrected chi connectivity index (χ0v) is 12.3. The molecule has 108 valence electrons. The Bertz CT molecular complexity index is 528. The lowest BCUT2D eigenvalue weighted by molar-refractivity contribution is -0.122. The molecular weight excluding hydrogens is 276 g/mol. The van der Waals surface area contributed by atoms with Gasteiger partial charge in [0.25, 0.3) is 5.91 Å². The largest absolute Gasteiger partial charge is 0.395 e. The number of aliphatic hydroxyl groups is 1. The Labute approximate surface area is 122 Å². The molecule has 5 nitrogen and oxygen atoms in total. The van der Waals surface area contributed by atoms with E-state index in [1.807, 2.05) is 6.92 Å². The molecule has 2 amide bonds. The molecule has 0 radical (unpaired) electrons. The third-order valence-electron chi connectivity index (χ3n) is 2.40. The molecule has 1 aromatic rings. The van der Waals surface area contributed by atoms with Gasteiger partial charge in [0.1, 0.15) is 6.04 Å². The van der Waals surface area contributed by atoms with Crippen molar-refractivity contribution in [2.75, 3.05) is 13.2 Å². The molecular formula is C14H18N2O3S. The Morgan fingerprint density at radius 2 is 2.25 bits per heavy atom. The minimum absolute atomic E-state index is 0.0236. The number of hydrogen-bond donors (Lipinski definition) is 3. The van der Waals surface area contributed by atoms with Crippen molar-refractivity contribution in [1.29, 1.82) is 0 Å². The summed E-state index contributed by atoms with van der Waals surface area (Å²) in [6.07, 6.45) is 0.410. The van der Waals surface area contributed by atoms with Gasteiger partial charge >= 0.3 is 0 Å². The van der Waals surface area contributed by atoms with Crippen LogP contribution in [0.5, 0.6) is 0 Å². The van der Waals surface area contributed by atoms with Crippen molar-refractivity contribution in [1.82, 2.24) is 10.6 Å². The summed E-state index contributed by atoms with van der Waals surface area (Å²) >= 11 is 1.36. The Hall–Kier alpha value is -1.84. The molecule has 6 heteroatoms. The highest BCUT2D eigenvalue weighted by Crippen LogP contribution is 2.13. The normalized spacial score (nSPS) is 11.2. The number of amides is 2. The highest BCUT2D eigenvalue weighted by Gasteiger charge is 2.16. The van der Waals surface area contributed by atoms with E-state index in [4.69, 9.17) is 5.11 Å². The number of rotatable bonds is 5. The summed E-state index contributed by atoms with van der Waals surface area (Å²) in [5.74, 6) is 5.16. The molecule has 0 saturated carbocycles. The number of likely N-dealkylation sites (N-methyl/N-ethyl adjacent to an activating group) is 1. The number of carbonyl (C=O) groups excluding carboxylic acids is 2. The van der Waals surface area contributed by atoms with Gasteiger partial charge in [-0.3, -0.25) is 9.59 Å². The molecule has 1 rings (SSSR count). The molecule has 0 aliphatic heterocycles. The van der Waals surface area contributed by atoms with Gasteiger partial charge < -0.3 is 15.7 Å².